The Hall–Kier alpha value is -3.99. The molecule has 1 heterocycles. The Morgan fingerprint density at radius 1 is 0.788 bits per heavy atom. The van der Waals surface area contributed by atoms with Gasteiger partial charge in [0.05, 0.1) is 18.4 Å². The summed E-state index contributed by atoms with van der Waals surface area (Å²) in [6, 6.07) is 27.1. The maximum absolute atomic E-state index is 14.5. The number of aromatic nitrogens is 1. The van der Waals surface area contributed by atoms with Crippen molar-refractivity contribution in [1.82, 2.24) is 4.98 Å². The Bertz CT molecular complexity index is 1470. The molecule has 0 spiro atoms. The topological polar surface area (TPSA) is 25.0 Å². The minimum atomic E-state index is -4.57. The number of allylic oxidation sites excluding steroid dienone is 1. The molecule has 0 unspecified atom stereocenters. The molecule has 164 valence electrons. The number of hydrogen-bond acceptors (Lipinski definition) is 1. The van der Waals surface area contributed by atoms with Crippen molar-refractivity contribution >= 4 is 33.3 Å². The molecule has 0 aliphatic carbocycles. The summed E-state index contributed by atoms with van der Waals surface area (Å²) in [7, 11) is 1.56. The largest absolute Gasteiger partial charge is 0.497 e. The Balaban J connectivity index is 1.80. The first kappa shape index (κ1) is 20.9. The molecule has 0 saturated carbocycles. The third-order valence-corrected chi connectivity index (χ3v) is 5.78. The highest BCUT2D eigenvalue weighted by molar-refractivity contribution is 6.05. The summed E-state index contributed by atoms with van der Waals surface area (Å²) < 4.78 is 48.8. The lowest BCUT2D eigenvalue weighted by atomic mass is 9.95. The third-order valence-electron chi connectivity index (χ3n) is 5.78. The predicted molar refractivity (Wildman–Crippen MR) is 128 cm³/mol. The molecule has 0 aliphatic rings. The summed E-state index contributed by atoms with van der Waals surface area (Å²) in [5, 5.41) is 2.38. The van der Waals surface area contributed by atoms with Crippen LogP contribution in [-0.2, 0) is 0 Å². The van der Waals surface area contributed by atoms with Gasteiger partial charge in [0.15, 0.2) is 0 Å². The van der Waals surface area contributed by atoms with Crippen LogP contribution in [0, 0.1) is 0 Å². The summed E-state index contributed by atoms with van der Waals surface area (Å²) in [6.07, 6.45) is -3.33. The second-order valence-corrected chi connectivity index (χ2v) is 7.77. The Morgan fingerprint density at radius 3 is 2.18 bits per heavy atom. The lowest BCUT2D eigenvalue weighted by Crippen LogP contribution is -2.12. The van der Waals surface area contributed by atoms with E-state index in [1.54, 1.807) is 49.6 Å². The van der Waals surface area contributed by atoms with Crippen molar-refractivity contribution in [2.45, 2.75) is 6.18 Å². The van der Waals surface area contributed by atoms with Gasteiger partial charge in [-0.3, -0.25) is 0 Å². The molecule has 0 atom stereocenters. The number of hydrogen-bond donors (Lipinski definition) is 1. The van der Waals surface area contributed by atoms with Gasteiger partial charge in [-0.2, -0.15) is 13.2 Å². The number of benzene rings is 4. The van der Waals surface area contributed by atoms with E-state index in [-0.39, 0.29) is 5.69 Å². The average molecular weight is 443 g/mol. The van der Waals surface area contributed by atoms with Crippen LogP contribution in [0.15, 0.2) is 91.0 Å². The number of alkyl halides is 3. The highest BCUT2D eigenvalue weighted by Crippen LogP contribution is 2.43. The number of methoxy groups -OCH3 is 1. The van der Waals surface area contributed by atoms with Crippen molar-refractivity contribution in [2.75, 3.05) is 7.11 Å². The van der Waals surface area contributed by atoms with E-state index >= 15 is 0 Å². The third kappa shape index (κ3) is 3.87. The second-order valence-electron chi connectivity index (χ2n) is 7.77. The Labute approximate surface area is 188 Å². The molecule has 0 saturated heterocycles. The van der Waals surface area contributed by atoms with E-state index in [4.69, 9.17) is 4.74 Å². The number of halogens is 3. The lowest BCUT2D eigenvalue weighted by Gasteiger charge is -2.14. The minimum Gasteiger partial charge on any atom is -0.497 e. The summed E-state index contributed by atoms with van der Waals surface area (Å²) in [6.45, 7) is 0. The molecular weight excluding hydrogens is 423 g/mol. The van der Waals surface area contributed by atoms with E-state index in [0.717, 1.165) is 16.2 Å². The fraction of sp³-hybridized carbons (Fsp3) is 0.0714. The van der Waals surface area contributed by atoms with Crippen LogP contribution in [0.5, 0.6) is 5.75 Å². The normalized spacial score (nSPS) is 12.4. The number of para-hydroxylation sites is 1. The highest BCUT2D eigenvalue weighted by atomic mass is 19.4. The van der Waals surface area contributed by atoms with Gasteiger partial charge in [0.25, 0.3) is 0 Å². The van der Waals surface area contributed by atoms with Gasteiger partial charge in [-0.05, 0) is 46.2 Å². The number of nitrogens with one attached hydrogen (secondary N) is 1. The summed E-state index contributed by atoms with van der Waals surface area (Å²) in [4.78, 5) is 3.05. The second kappa shape index (κ2) is 8.17. The predicted octanol–water partition coefficient (Wildman–Crippen LogP) is 8.10. The molecule has 0 amide bonds. The molecule has 1 aromatic heterocycles. The van der Waals surface area contributed by atoms with E-state index in [1.165, 1.54) is 6.08 Å². The van der Waals surface area contributed by atoms with E-state index < -0.39 is 11.7 Å². The molecule has 5 aromatic rings. The molecule has 4 aromatic carbocycles. The average Bonchev–Trinajstić information content (AvgIpc) is 3.21. The van der Waals surface area contributed by atoms with Gasteiger partial charge in [0, 0.05) is 16.5 Å². The molecule has 2 nitrogen and oxygen atoms in total. The molecular formula is C28H20F3NO. The van der Waals surface area contributed by atoms with Gasteiger partial charge in [0.2, 0.25) is 0 Å². The van der Waals surface area contributed by atoms with Gasteiger partial charge in [-0.25, -0.2) is 0 Å². The Morgan fingerprint density at radius 2 is 1.45 bits per heavy atom. The van der Waals surface area contributed by atoms with Gasteiger partial charge in [-0.1, -0.05) is 72.8 Å². The number of H-pyrrole nitrogens is 1. The van der Waals surface area contributed by atoms with Crippen LogP contribution in [0.4, 0.5) is 13.2 Å². The van der Waals surface area contributed by atoms with Crippen molar-refractivity contribution in [2.24, 2.45) is 0 Å². The fourth-order valence-corrected chi connectivity index (χ4v) is 4.23. The first-order valence-corrected chi connectivity index (χ1v) is 10.5. The standard InChI is InChI=1S/C28H20F3NO/c1-33-21-15-13-19(14-16-21)26-23-11-4-5-12-25(23)32-27(26)24(28(29,30)31)17-20-9-6-8-18-7-2-3-10-22(18)20/h2-17,32H,1H3/b24-17-. The molecule has 0 aliphatic heterocycles. The van der Waals surface area contributed by atoms with Crippen LogP contribution in [0.25, 0.3) is 44.5 Å². The van der Waals surface area contributed by atoms with E-state index in [0.29, 0.717) is 28.0 Å². The van der Waals surface area contributed by atoms with Crippen molar-refractivity contribution in [3.63, 3.8) is 0 Å². The fourth-order valence-electron chi connectivity index (χ4n) is 4.23. The van der Waals surface area contributed by atoms with Crippen molar-refractivity contribution in [3.8, 4) is 16.9 Å². The summed E-state index contributed by atoms with van der Waals surface area (Å²) in [5.41, 5.74) is 1.67. The smallest absolute Gasteiger partial charge is 0.418 e. The van der Waals surface area contributed by atoms with Crippen LogP contribution < -0.4 is 4.74 Å². The van der Waals surface area contributed by atoms with Gasteiger partial charge >= 0.3 is 6.18 Å². The Kier molecular flexibility index (Phi) is 5.17. The highest BCUT2D eigenvalue weighted by Gasteiger charge is 2.37. The van der Waals surface area contributed by atoms with Gasteiger partial charge in [-0.15, -0.1) is 0 Å². The maximum Gasteiger partial charge on any atom is 0.418 e. The van der Waals surface area contributed by atoms with Crippen LogP contribution in [-0.4, -0.2) is 18.3 Å². The summed E-state index contributed by atoms with van der Waals surface area (Å²) >= 11 is 0. The number of fused-ring (bicyclic) bond motifs is 2. The first-order valence-electron chi connectivity index (χ1n) is 10.5. The molecule has 33 heavy (non-hydrogen) atoms. The van der Waals surface area contributed by atoms with E-state index in [9.17, 15) is 13.2 Å². The van der Waals surface area contributed by atoms with Crippen molar-refractivity contribution in [3.05, 3.63) is 102 Å². The molecule has 5 heteroatoms. The zero-order valence-corrected chi connectivity index (χ0v) is 17.8. The van der Waals surface area contributed by atoms with Crippen molar-refractivity contribution < 1.29 is 17.9 Å². The van der Waals surface area contributed by atoms with E-state index in [1.807, 2.05) is 48.5 Å². The quantitative estimate of drug-likeness (QED) is 0.298. The zero-order chi connectivity index (χ0) is 23.0. The molecule has 0 radical (unpaired) electrons. The molecule has 0 bridgehead atoms. The summed E-state index contributed by atoms with van der Waals surface area (Å²) in [5.74, 6) is 0.641. The maximum atomic E-state index is 14.5. The first-order chi connectivity index (χ1) is 16.0. The van der Waals surface area contributed by atoms with Crippen molar-refractivity contribution in [1.29, 1.82) is 0 Å². The number of ether oxygens (including phenoxy) is 1. The minimum absolute atomic E-state index is 0.0433. The number of rotatable bonds is 4. The van der Waals surface area contributed by atoms with Gasteiger partial charge in [0.1, 0.15) is 5.75 Å². The van der Waals surface area contributed by atoms with E-state index in [2.05, 4.69) is 4.98 Å². The number of aromatic amines is 1. The SMILES string of the molecule is COc1ccc(-c2c(/C(=C/c3cccc4ccccc34)C(F)(F)F)[nH]c3ccccc23)cc1. The molecule has 1 N–H and O–H groups in total. The molecule has 5 rings (SSSR count). The lowest BCUT2D eigenvalue weighted by molar-refractivity contribution is -0.0684. The van der Waals surface area contributed by atoms with Crippen LogP contribution in [0.2, 0.25) is 0 Å². The monoisotopic (exact) mass is 443 g/mol. The van der Waals surface area contributed by atoms with Crippen LogP contribution >= 0.6 is 0 Å². The van der Waals surface area contributed by atoms with Crippen LogP contribution in [0.1, 0.15) is 11.3 Å². The zero-order valence-electron chi connectivity index (χ0n) is 17.8. The molecule has 0 fully saturated rings. The van der Waals surface area contributed by atoms with Crippen LogP contribution in [0.3, 0.4) is 0 Å². The van der Waals surface area contributed by atoms with Gasteiger partial charge < -0.3 is 9.72 Å².